The quantitative estimate of drug-likeness (QED) is 0.0788. The SMILES string of the molecule is COC(=O)C(OC(=O)N1CCN(C(c2ccc(Cl)cc2)c2ccc(Cl)cc2)CC1)C(F)(F)F.O=C(O)C(OC(=O)N1CCN(C(c2ccc(Cl)cc2)c2ccc(Cl)cc2)CC1)C(F)(F)F.[Na+].[OH-]. The standard InChI is InChI=1S/C22H21Cl2F3N2O4.C21H19Cl2F3N2O4.Na.H2O/c1-32-20(30)19(22(25,26)27)33-21(31)29-12-10-28(11-13-29)18(14-2-6-16(23)7-3-14)15-4-8-17(24)9-5-15;22-15-5-1-13(2-6-15)17(14-3-7-16(23)8-4-14)27-9-11-28(12-10-27)20(31)32-18(19(29)30)21(24,25)26;;/h2-9,18-19H,10-13H2,1H3;1-8,17-18H,9-12H2,(H,29,30);;1H2/q;;+1;/p-1. The summed E-state index contributed by atoms with van der Waals surface area (Å²) in [5.74, 6) is -3.95. The zero-order valence-corrected chi connectivity index (χ0v) is 40.5. The van der Waals surface area contributed by atoms with Crippen LogP contribution in [0.4, 0.5) is 35.9 Å². The average Bonchev–Trinajstić information content (AvgIpc) is 3.27. The number of carboxylic acids is 1. The summed E-state index contributed by atoms with van der Waals surface area (Å²) < 4.78 is 90.3. The molecule has 2 aliphatic heterocycles. The van der Waals surface area contributed by atoms with Crippen LogP contribution in [0.15, 0.2) is 97.1 Å². The zero-order valence-electron chi connectivity index (χ0n) is 35.5. The molecule has 2 fully saturated rings. The van der Waals surface area contributed by atoms with Gasteiger partial charge in [0.25, 0.3) is 12.2 Å². The second kappa shape index (κ2) is 25.5. The van der Waals surface area contributed by atoms with Crippen molar-refractivity contribution in [2.24, 2.45) is 0 Å². The van der Waals surface area contributed by atoms with Gasteiger partial charge in [0.15, 0.2) is 0 Å². The first-order chi connectivity index (χ1) is 30.7. The number of piperazine rings is 2. The van der Waals surface area contributed by atoms with Gasteiger partial charge in [0, 0.05) is 72.4 Å². The molecule has 0 spiro atoms. The van der Waals surface area contributed by atoms with Crippen LogP contribution in [-0.4, -0.2) is 138 Å². The van der Waals surface area contributed by atoms with Gasteiger partial charge in [-0.3, -0.25) is 9.80 Å². The first-order valence-corrected chi connectivity index (χ1v) is 21.0. The van der Waals surface area contributed by atoms with Crippen LogP contribution < -0.4 is 29.6 Å². The molecular formula is C43H41Cl4F6N4NaO9. The Morgan fingerprint density at radius 2 is 0.761 bits per heavy atom. The minimum Gasteiger partial charge on any atom is -0.870 e. The largest absolute Gasteiger partial charge is 1.00 e. The first-order valence-electron chi connectivity index (χ1n) is 19.5. The van der Waals surface area contributed by atoms with E-state index < -0.39 is 48.7 Å². The van der Waals surface area contributed by atoms with Crippen LogP contribution in [0.2, 0.25) is 20.1 Å². The number of alkyl halides is 6. The van der Waals surface area contributed by atoms with E-state index in [-0.39, 0.29) is 73.3 Å². The Balaban J connectivity index is 0.000000345. The number of esters is 1. The summed E-state index contributed by atoms with van der Waals surface area (Å²) in [4.78, 5) is 53.1. The van der Waals surface area contributed by atoms with Gasteiger partial charge >= 0.3 is 66.0 Å². The Bertz CT molecular complexity index is 2150. The number of carbonyl (C=O) groups excluding carboxylic acids is 3. The number of hydrogen-bond acceptors (Lipinski definition) is 10. The van der Waals surface area contributed by atoms with E-state index in [0.29, 0.717) is 46.3 Å². The van der Waals surface area contributed by atoms with Crippen molar-refractivity contribution in [2.45, 2.75) is 36.6 Å². The van der Waals surface area contributed by atoms with E-state index in [1.807, 2.05) is 48.5 Å². The molecular weight excluding hydrogens is 995 g/mol. The Labute approximate surface area is 422 Å². The molecule has 2 amide bonds. The molecule has 2 atom stereocenters. The molecule has 4 aromatic rings. The van der Waals surface area contributed by atoms with Crippen molar-refractivity contribution in [3.8, 4) is 0 Å². The topological polar surface area (TPSA) is 159 Å². The van der Waals surface area contributed by atoms with Gasteiger partial charge in [0.1, 0.15) is 0 Å². The molecule has 0 saturated carbocycles. The Hall–Kier alpha value is -4.02. The summed E-state index contributed by atoms with van der Waals surface area (Å²) in [7, 11) is 0.793. The van der Waals surface area contributed by atoms with E-state index >= 15 is 0 Å². The van der Waals surface area contributed by atoms with E-state index in [1.54, 1.807) is 48.5 Å². The van der Waals surface area contributed by atoms with Gasteiger partial charge < -0.3 is 34.6 Å². The van der Waals surface area contributed by atoms with Gasteiger partial charge in [-0.15, -0.1) is 0 Å². The molecule has 2 N–H and O–H groups in total. The molecule has 4 aromatic carbocycles. The molecule has 2 aliphatic rings. The van der Waals surface area contributed by atoms with Crippen LogP contribution >= 0.6 is 46.4 Å². The second-order valence-corrected chi connectivity index (χ2v) is 16.3. The van der Waals surface area contributed by atoms with Crippen LogP contribution in [0.3, 0.4) is 0 Å². The van der Waals surface area contributed by atoms with Gasteiger partial charge in [0.05, 0.1) is 19.2 Å². The number of carbonyl (C=O) groups is 4. The summed E-state index contributed by atoms with van der Waals surface area (Å²) in [6.45, 7) is 1.75. The van der Waals surface area contributed by atoms with Gasteiger partial charge in [-0.05, 0) is 70.8 Å². The second-order valence-electron chi connectivity index (χ2n) is 14.5. The number of nitrogens with zero attached hydrogens (tertiary/aromatic N) is 4. The number of ether oxygens (including phenoxy) is 3. The molecule has 2 heterocycles. The number of rotatable bonds is 10. The Morgan fingerprint density at radius 1 is 0.507 bits per heavy atom. The van der Waals surface area contributed by atoms with Crippen molar-refractivity contribution in [2.75, 3.05) is 59.5 Å². The van der Waals surface area contributed by atoms with Gasteiger partial charge in [-0.1, -0.05) is 94.9 Å². The number of methoxy groups -OCH3 is 1. The molecule has 24 heteroatoms. The van der Waals surface area contributed by atoms with E-state index in [4.69, 9.17) is 51.5 Å². The molecule has 0 aromatic heterocycles. The molecule has 6 rings (SSSR count). The van der Waals surface area contributed by atoms with E-state index in [9.17, 15) is 45.5 Å². The molecule has 2 unspecified atom stereocenters. The molecule has 358 valence electrons. The van der Waals surface area contributed by atoms with Gasteiger partial charge in [-0.25, -0.2) is 19.2 Å². The molecule has 2 saturated heterocycles. The molecule has 13 nitrogen and oxygen atoms in total. The van der Waals surface area contributed by atoms with Crippen molar-refractivity contribution in [1.82, 2.24) is 19.6 Å². The summed E-state index contributed by atoms with van der Waals surface area (Å²) in [6.07, 6.45) is -19.0. The summed E-state index contributed by atoms with van der Waals surface area (Å²) in [5.41, 5.74) is 3.80. The molecule has 67 heavy (non-hydrogen) atoms. The Kier molecular flexibility index (Phi) is 21.8. The van der Waals surface area contributed by atoms with Gasteiger partial charge in [-0.2, -0.15) is 26.3 Å². The smallest absolute Gasteiger partial charge is 0.870 e. The van der Waals surface area contributed by atoms with Crippen molar-refractivity contribution in [3.63, 3.8) is 0 Å². The fourth-order valence-electron chi connectivity index (χ4n) is 7.10. The summed E-state index contributed by atoms with van der Waals surface area (Å²) >= 11 is 24.1. The normalized spacial score (nSPS) is 15.5. The van der Waals surface area contributed by atoms with Crippen molar-refractivity contribution in [1.29, 1.82) is 0 Å². The van der Waals surface area contributed by atoms with Crippen LogP contribution in [-0.2, 0) is 23.8 Å². The van der Waals surface area contributed by atoms with E-state index in [2.05, 4.69) is 24.0 Å². The number of aliphatic carboxylic acids is 1. The third-order valence-corrected chi connectivity index (χ3v) is 11.3. The maximum absolute atomic E-state index is 13.1. The van der Waals surface area contributed by atoms with Crippen molar-refractivity contribution in [3.05, 3.63) is 139 Å². The van der Waals surface area contributed by atoms with Crippen molar-refractivity contribution >= 4 is 70.5 Å². The maximum atomic E-state index is 13.1. The molecule has 0 bridgehead atoms. The zero-order chi connectivity index (χ0) is 47.6. The molecule has 0 radical (unpaired) electrons. The van der Waals surface area contributed by atoms with Crippen LogP contribution in [0.1, 0.15) is 34.3 Å². The van der Waals surface area contributed by atoms with E-state index in [0.717, 1.165) is 39.2 Å². The van der Waals surface area contributed by atoms with Crippen LogP contribution in [0, 0.1) is 0 Å². The summed E-state index contributed by atoms with van der Waals surface area (Å²) in [6, 6.07) is 28.8. The minimum absolute atomic E-state index is 0. The first kappa shape index (κ1) is 57.3. The maximum Gasteiger partial charge on any atom is 1.00 e. The van der Waals surface area contributed by atoms with Crippen LogP contribution in [0.5, 0.6) is 0 Å². The number of hydrogen-bond donors (Lipinski definition) is 1. The number of benzene rings is 4. The van der Waals surface area contributed by atoms with Crippen LogP contribution in [0.25, 0.3) is 0 Å². The average molecular weight is 1040 g/mol. The molecule has 0 aliphatic carbocycles. The van der Waals surface area contributed by atoms with Crippen molar-refractivity contribution < 1.29 is 99.9 Å². The third-order valence-electron chi connectivity index (χ3n) is 10.3. The predicted octanol–water partition coefficient (Wildman–Crippen LogP) is 6.62. The third kappa shape index (κ3) is 16.0. The van der Waals surface area contributed by atoms with E-state index in [1.165, 1.54) is 0 Å². The van der Waals surface area contributed by atoms with Gasteiger partial charge in [0.2, 0.25) is 0 Å². The number of carboxylic acid groups (broad SMARTS) is 1. The predicted molar refractivity (Wildman–Crippen MR) is 230 cm³/mol. The number of halogens is 10. The minimum atomic E-state index is -5.20. The Morgan fingerprint density at radius 3 is 0.985 bits per heavy atom. The number of amides is 2. The fraction of sp³-hybridized carbons (Fsp3) is 0.349. The monoisotopic (exact) mass is 1030 g/mol. The fourth-order valence-corrected chi connectivity index (χ4v) is 7.60. The summed E-state index contributed by atoms with van der Waals surface area (Å²) in [5, 5.41) is 11.1.